The number of oxime groups is 2. The zero-order valence-electron chi connectivity index (χ0n) is 19.1. The van der Waals surface area contributed by atoms with Gasteiger partial charge in [-0.15, -0.1) is 0 Å². The molecule has 0 fully saturated rings. The summed E-state index contributed by atoms with van der Waals surface area (Å²) in [6, 6.07) is 11.0. The number of benzene rings is 3. The highest BCUT2D eigenvalue weighted by Crippen LogP contribution is 2.49. The predicted molar refractivity (Wildman–Crippen MR) is 123 cm³/mol. The number of rotatable bonds is 6. The number of alkyl halides is 3. The van der Waals surface area contributed by atoms with Gasteiger partial charge < -0.3 is 15.0 Å². The van der Waals surface area contributed by atoms with E-state index in [-0.39, 0.29) is 23.4 Å². The van der Waals surface area contributed by atoms with Gasteiger partial charge in [0.25, 0.3) is 11.5 Å². The number of aryl methyl sites for hydroxylation is 1. The maximum atomic E-state index is 14.3. The molecule has 1 N–H and O–H groups in total. The van der Waals surface area contributed by atoms with Gasteiger partial charge in [-0.25, -0.2) is 8.78 Å². The Hall–Kier alpha value is -4.02. The standard InChI is InChI=1S/C25H20F5N3O3/c1-14-11-15(12-20(26)22(14)27)24(25(28,29)30)13-21(33-36-24)18-7-8-19(17-6-4-3-5-16(17)18)23(34)31-9-10-32-35-2/h3-8,10-12H,9,13H2,1-2H3,(H,31,34)/b32-10+. The number of hydrogen-bond donors (Lipinski definition) is 1. The van der Waals surface area contributed by atoms with Crippen molar-refractivity contribution in [1.29, 1.82) is 0 Å². The highest BCUT2D eigenvalue weighted by molar-refractivity contribution is 6.16. The molecule has 1 amide bonds. The molecule has 1 aliphatic rings. The molecule has 0 spiro atoms. The molecule has 1 aliphatic heterocycles. The van der Waals surface area contributed by atoms with Crippen LogP contribution < -0.4 is 5.32 Å². The fourth-order valence-electron chi connectivity index (χ4n) is 4.10. The number of fused-ring (bicyclic) bond motifs is 1. The third-order valence-electron chi connectivity index (χ3n) is 5.88. The minimum atomic E-state index is -4.99. The normalized spacial score (nSPS) is 17.8. The van der Waals surface area contributed by atoms with E-state index in [1.165, 1.54) is 32.4 Å². The summed E-state index contributed by atoms with van der Waals surface area (Å²) in [5, 5.41) is 10.9. The Labute approximate surface area is 202 Å². The van der Waals surface area contributed by atoms with Crippen molar-refractivity contribution in [3.8, 4) is 0 Å². The van der Waals surface area contributed by atoms with Gasteiger partial charge in [-0.05, 0) is 41.5 Å². The summed E-state index contributed by atoms with van der Waals surface area (Å²) in [7, 11) is 1.36. The average molecular weight is 505 g/mol. The zero-order valence-corrected chi connectivity index (χ0v) is 19.1. The summed E-state index contributed by atoms with van der Waals surface area (Å²) in [4.78, 5) is 22.2. The number of carbonyl (C=O) groups is 1. The molecule has 4 rings (SSSR count). The molecule has 0 aromatic heterocycles. The van der Waals surface area contributed by atoms with Crippen molar-refractivity contribution in [1.82, 2.24) is 5.32 Å². The Morgan fingerprint density at radius 1 is 1.19 bits per heavy atom. The molecule has 36 heavy (non-hydrogen) atoms. The summed E-state index contributed by atoms with van der Waals surface area (Å²) < 4.78 is 70.8. The molecule has 11 heteroatoms. The van der Waals surface area contributed by atoms with Crippen molar-refractivity contribution in [2.24, 2.45) is 10.3 Å². The van der Waals surface area contributed by atoms with E-state index in [1.807, 2.05) is 0 Å². The Kier molecular flexibility index (Phi) is 6.66. The Morgan fingerprint density at radius 3 is 2.58 bits per heavy atom. The lowest BCUT2D eigenvalue weighted by molar-refractivity contribution is -0.276. The first-order valence-corrected chi connectivity index (χ1v) is 10.7. The van der Waals surface area contributed by atoms with Crippen molar-refractivity contribution < 1.29 is 36.4 Å². The molecule has 1 atom stereocenters. The third kappa shape index (κ3) is 4.36. The lowest BCUT2D eigenvalue weighted by Gasteiger charge is -2.29. The van der Waals surface area contributed by atoms with Crippen LogP contribution in [0.25, 0.3) is 10.8 Å². The summed E-state index contributed by atoms with van der Waals surface area (Å²) in [5.74, 6) is -3.07. The summed E-state index contributed by atoms with van der Waals surface area (Å²) >= 11 is 0. The van der Waals surface area contributed by atoms with Crippen molar-refractivity contribution in [3.05, 3.63) is 82.4 Å². The van der Waals surface area contributed by atoms with Crippen LogP contribution in [0, 0.1) is 18.6 Å². The Bertz CT molecular complexity index is 1360. The molecule has 0 bridgehead atoms. The number of nitrogens with zero attached hydrogens (tertiary/aromatic N) is 2. The summed E-state index contributed by atoms with van der Waals surface area (Å²) in [6.45, 7) is 1.27. The molecule has 188 valence electrons. The first-order valence-electron chi connectivity index (χ1n) is 10.7. The first-order chi connectivity index (χ1) is 17.1. The van der Waals surface area contributed by atoms with Crippen molar-refractivity contribution in [2.45, 2.75) is 25.1 Å². The second-order valence-corrected chi connectivity index (χ2v) is 8.11. The van der Waals surface area contributed by atoms with E-state index in [0.29, 0.717) is 22.4 Å². The maximum Gasteiger partial charge on any atom is 0.435 e. The van der Waals surface area contributed by atoms with E-state index in [1.54, 1.807) is 24.3 Å². The van der Waals surface area contributed by atoms with Crippen LogP contribution in [0.2, 0.25) is 0 Å². The van der Waals surface area contributed by atoms with E-state index in [9.17, 15) is 26.7 Å². The highest BCUT2D eigenvalue weighted by Gasteiger charge is 2.62. The molecule has 0 radical (unpaired) electrons. The minimum absolute atomic E-state index is 0.0508. The van der Waals surface area contributed by atoms with E-state index in [2.05, 4.69) is 20.5 Å². The lowest BCUT2D eigenvalue weighted by Crippen LogP contribution is -2.43. The zero-order chi connectivity index (χ0) is 26.1. The van der Waals surface area contributed by atoms with Crippen LogP contribution in [0.15, 0.2) is 58.8 Å². The highest BCUT2D eigenvalue weighted by atomic mass is 19.4. The third-order valence-corrected chi connectivity index (χ3v) is 5.88. The van der Waals surface area contributed by atoms with Crippen molar-refractivity contribution in [3.63, 3.8) is 0 Å². The van der Waals surface area contributed by atoms with E-state index in [4.69, 9.17) is 4.84 Å². The van der Waals surface area contributed by atoms with Crippen LogP contribution in [0.4, 0.5) is 22.0 Å². The number of amides is 1. The fourth-order valence-corrected chi connectivity index (χ4v) is 4.10. The van der Waals surface area contributed by atoms with E-state index < -0.39 is 41.3 Å². The molecule has 3 aromatic rings. The monoisotopic (exact) mass is 505 g/mol. The van der Waals surface area contributed by atoms with Gasteiger partial charge in [0.15, 0.2) is 11.6 Å². The van der Waals surface area contributed by atoms with Crippen LogP contribution in [0.1, 0.15) is 33.5 Å². The molecule has 3 aromatic carbocycles. The largest absolute Gasteiger partial charge is 0.435 e. The summed E-state index contributed by atoms with van der Waals surface area (Å²) in [6.07, 6.45) is -4.41. The van der Waals surface area contributed by atoms with Crippen LogP contribution in [-0.4, -0.2) is 37.7 Å². The predicted octanol–water partition coefficient (Wildman–Crippen LogP) is 5.37. The number of nitrogens with one attached hydrogen (secondary N) is 1. The topological polar surface area (TPSA) is 72.3 Å². The van der Waals surface area contributed by atoms with Gasteiger partial charge in [-0.3, -0.25) is 4.79 Å². The van der Waals surface area contributed by atoms with Gasteiger partial charge in [0.2, 0.25) is 0 Å². The molecule has 0 saturated heterocycles. The maximum absolute atomic E-state index is 14.3. The quantitative estimate of drug-likeness (QED) is 0.278. The minimum Gasteiger partial charge on any atom is -0.399 e. The molecule has 6 nitrogen and oxygen atoms in total. The second kappa shape index (κ2) is 9.56. The van der Waals surface area contributed by atoms with Crippen molar-refractivity contribution in [2.75, 3.05) is 13.7 Å². The molecule has 1 heterocycles. The average Bonchev–Trinajstić information content (AvgIpc) is 3.31. The van der Waals surface area contributed by atoms with Crippen LogP contribution in [0.5, 0.6) is 0 Å². The fraction of sp³-hybridized carbons (Fsp3) is 0.240. The Morgan fingerprint density at radius 2 is 1.92 bits per heavy atom. The number of hydrogen-bond acceptors (Lipinski definition) is 5. The van der Waals surface area contributed by atoms with Gasteiger partial charge in [0.1, 0.15) is 7.11 Å². The van der Waals surface area contributed by atoms with Crippen LogP contribution in [0.3, 0.4) is 0 Å². The molecule has 0 saturated carbocycles. The first kappa shape index (κ1) is 25.1. The van der Waals surface area contributed by atoms with Gasteiger partial charge in [-0.2, -0.15) is 13.2 Å². The second-order valence-electron chi connectivity index (χ2n) is 8.11. The number of halogens is 5. The van der Waals surface area contributed by atoms with Gasteiger partial charge >= 0.3 is 6.18 Å². The number of carbonyl (C=O) groups excluding carboxylic acids is 1. The van der Waals surface area contributed by atoms with Crippen LogP contribution >= 0.6 is 0 Å². The van der Waals surface area contributed by atoms with Gasteiger partial charge in [0, 0.05) is 23.1 Å². The van der Waals surface area contributed by atoms with Crippen LogP contribution in [-0.2, 0) is 15.3 Å². The van der Waals surface area contributed by atoms with Gasteiger partial charge in [-0.1, -0.05) is 40.6 Å². The Balaban J connectivity index is 1.73. The molecular weight excluding hydrogens is 485 g/mol. The van der Waals surface area contributed by atoms with Gasteiger partial charge in [0.05, 0.1) is 18.5 Å². The molecule has 0 aliphatic carbocycles. The molecule has 1 unspecified atom stereocenters. The van der Waals surface area contributed by atoms with E-state index in [0.717, 1.165) is 6.07 Å². The molecular formula is C25H20F5N3O3. The summed E-state index contributed by atoms with van der Waals surface area (Å²) in [5.41, 5.74) is -3.33. The van der Waals surface area contributed by atoms with E-state index >= 15 is 0 Å². The SMILES string of the molecule is CO/N=C/CNC(=O)c1ccc(C2=NOC(c3cc(C)c(F)c(F)c3)(C(F)(F)F)C2)c2ccccc12. The lowest BCUT2D eigenvalue weighted by atomic mass is 9.84. The van der Waals surface area contributed by atoms with Crippen molar-refractivity contribution >= 4 is 28.6 Å². The smallest absolute Gasteiger partial charge is 0.399 e.